The first-order chi connectivity index (χ1) is 5.79. The van der Waals surface area contributed by atoms with Crippen molar-refractivity contribution in [3.63, 3.8) is 0 Å². The summed E-state index contributed by atoms with van der Waals surface area (Å²) in [6.45, 7) is 6.41. The van der Waals surface area contributed by atoms with Gasteiger partial charge in [0.2, 0.25) is 5.91 Å². The highest BCUT2D eigenvalue weighted by Gasteiger charge is 2.27. The Morgan fingerprint density at radius 1 is 1.75 bits per heavy atom. The summed E-state index contributed by atoms with van der Waals surface area (Å²) in [5, 5.41) is 0. The zero-order valence-corrected chi connectivity index (χ0v) is 7.49. The number of rotatable bonds is 3. The molecule has 1 heterocycles. The molecule has 0 aromatic carbocycles. The van der Waals surface area contributed by atoms with Crippen LogP contribution in [-0.4, -0.2) is 23.4 Å². The SMILES string of the molecule is C=CC1CCC(=O)N1C/C=C/C. The maximum atomic E-state index is 11.3. The Hall–Kier alpha value is -1.05. The van der Waals surface area contributed by atoms with Crippen LogP contribution in [0, 0.1) is 0 Å². The maximum absolute atomic E-state index is 11.3. The second-order valence-corrected chi connectivity index (χ2v) is 2.96. The minimum atomic E-state index is 0.248. The van der Waals surface area contributed by atoms with Gasteiger partial charge in [0.25, 0.3) is 0 Å². The zero-order chi connectivity index (χ0) is 8.97. The van der Waals surface area contributed by atoms with Crippen molar-refractivity contribution in [3.8, 4) is 0 Å². The summed E-state index contributed by atoms with van der Waals surface area (Å²) in [6, 6.07) is 0.258. The van der Waals surface area contributed by atoms with E-state index in [1.165, 1.54) is 0 Å². The van der Waals surface area contributed by atoms with Crippen LogP contribution in [0.2, 0.25) is 0 Å². The Bertz CT molecular complexity index is 208. The number of hydrogen-bond donors (Lipinski definition) is 0. The van der Waals surface area contributed by atoms with Gasteiger partial charge in [0.05, 0.1) is 6.04 Å². The van der Waals surface area contributed by atoms with E-state index < -0.39 is 0 Å². The van der Waals surface area contributed by atoms with Gasteiger partial charge in [-0.05, 0) is 13.3 Å². The standard InChI is InChI=1S/C10H15NO/c1-3-5-8-11-9(4-2)6-7-10(11)12/h3-5,9H,2,6-8H2,1H3/b5-3+. The molecule has 0 saturated carbocycles. The molecule has 1 aliphatic heterocycles. The Morgan fingerprint density at radius 2 is 2.50 bits per heavy atom. The van der Waals surface area contributed by atoms with Crippen LogP contribution in [0.3, 0.4) is 0 Å². The summed E-state index contributed by atoms with van der Waals surface area (Å²) in [4.78, 5) is 13.2. The normalized spacial score (nSPS) is 23.9. The van der Waals surface area contributed by atoms with Crippen molar-refractivity contribution in [2.75, 3.05) is 6.54 Å². The molecule has 0 spiro atoms. The average Bonchev–Trinajstić information content (AvgIpc) is 2.43. The summed E-state index contributed by atoms with van der Waals surface area (Å²) < 4.78 is 0. The molecule has 0 N–H and O–H groups in total. The molecule has 1 amide bonds. The predicted octanol–water partition coefficient (Wildman–Crippen LogP) is 1.74. The zero-order valence-electron chi connectivity index (χ0n) is 7.49. The van der Waals surface area contributed by atoms with E-state index in [0.717, 1.165) is 13.0 Å². The van der Waals surface area contributed by atoms with E-state index in [9.17, 15) is 4.79 Å². The largest absolute Gasteiger partial charge is 0.333 e. The van der Waals surface area contributed by atoms with Crippen molar-refractivity contribution in [1.29, 1.82) is 0 Å². The first-order valence-electron chi connectivity index (χ1n) is 4.32. The number of carbonyl (C=O) groups is 1. The Morgan fingerprint density at radius 3 is 3.08 bits per heavy atom. The molecule has 0 aromatic heterocycles. The first-order valence-corrected chi connectivity index (χ1v) is 4.32. The second kappa shape index (κ2) is 4.10. The van der Waals surface area contributed by atoms with Gasteiger partial charge in [-0.3, -0.25) is 4.79 Å². The number of likely N-dealkylation sites (tertiary alicyclic amines) is 1. The molecule has 0 radical (unpaired) electrons. The summed E-state index contributed by atoms with van der Waals surface area (Å²) >= 11 is 0. The molecule has 0 aromatic rings. The van der Waals surface area contributed by atoms with Gasteiger partial charge >= 0.3 is 0 Å². The van der Waals surface area contributed by atoms with E-state index >= 15 is 0 Å². The lowest BCUT2D eigenvalue weighted by Gasteiger charge is -2.19. The Balaban J connectivity index is 2.57. The van der Waals surface area contributed by atoms with Gasteiger partial charge in [-0.1, -0.05) is 18.2 Å². The Kier molecular flexibility index (Phi) is 3.09. The highest BCUT2D eigenvalue weighted by Crippen LogP contribution is 2.18. The molecular formula is C10H15NO. The molecule has 1 rings (SSSR count). The quantitative estimate of drug-likeness (QED) is 0.583. The molecular weight excluding hydrogens is 150 g/mol. The third-order valence-electron chi connectivity index (χ3n) is 2.18. The van der Waals surface area contributed by atoms with Crippen molar-refractivity contribution >= 4 is 5.91 Å². The van der Waals surface area contributed by atoms with E-state index in [0.29, 0.717) is 6.42 Å². The fraction of sp³-hybridized carbons (Fsp3) is 0.500. The third kappa shape index (κ3) is 1.76. The highest BCUT2D eigenvalue weighted by atomic mass is 16.2. The number of amides is 1. The van der Waals surface area contributed by atoms with Gasteiger partial charge in [-0.25, -0.2) is 0 Å². The topological polar surface area (TPSA) is 20.3 Å². The van der Waals surface area contributed by atoms with Crippen molar-refractivity contribution in [2.24, 2.45) is 0 Å². The number of hydrogen-bond acceptors (Lipinski definition) is 1. The van der Waals surface area contributed by atoms with Crippen LogP contribution in [0.4, 0.5) is 0 Å². The molecule has 1 fully saturated rings. The van der Waals surface area contributed by atoms with E-state index in [-0.39, 0.29) is 11.9 Å². The summed E-state index contributed by atoms with van der Waals surface area (Å²) in [6.07, 6.45) is 7.42. The van der Waals surface area contributed by atoms with Crippen LogP contribution >= 0.6 is 0 Å². The molecule has 2 heteroatoms. The summed E-state index contributed by atoms with van der Waals surface area (Å²) in [5.74, 6) is 0.248. The number of nitrogens with zero attached hydrogens (tertiary/aromatic N) is 1. The van der Waals surface area contributed by atoms with Gasteiger partial charge in [-0.15, -0.1) is 6.58 Å². The van der Waals surface area contributed by atoms with E-state index in [2.05, 4.69) is 6.58 Å². The average molecular weight is 165 g/mol. The molecule has 66 valence electrons. The molecule has 1 aliphatic rings. The highest BCUT2D eigenvalue weighted by molar-refractivity contribution is 5.79. The molecule has 0 bridgehead atoms. The molecule has 1 saturated heterocycles. The lowest BCUT2D eigenvalue weighted by molar-refractivity contribution is -0.127. The Labute approximate surface area is 73.6 Å². The van der Waals surface area contributed by atoms with Gasteiger partial charge in [0.15, 0.2) is 0 Å². The lowest BCUT2D eigenvalue weighted by Crippen LogP contribution is -2.31. The fourth-order valence-corrected chi connectivity index (χ4v) is 1.46. The minimum Gasteiger partial charge on any atom is -0.333 e. The summed E-state index contributed by atoms with van der Waals surface area (Å²) in [5.41, 5.74) is 0. The van der Waals surface area contributed by atoms with E-state index in [1.54, 1.807) is 0 Å². The van der Waals surface area contributed by atoms with Crippen molar-refractivity contribution < 1.29 is 4.79 Å². The maximum Gasteiger partial charge on any atom is 0.223 e. The molecule has 0 aliphatic carbocycles. The molecule has 2 nitrogen and oxygen atoms in total. The smallest absolute Gasteiger partial charge is 0.223 e. The van der Waals surface area contributed by atoms with Crippen LogP contribution in [0.15, 0.2) is 24.8 Å². The second-order valence-electron chi connectivity index (χ2n) is 2.96. The summed E-state index contributed by atoms with van der Waals surface area (Å²) in [7, 11) is 0. The number of carbonyl (C=O) groups excluding carboxylic acids is 1. The van der Waals surface area contributed by atoms with Crippen molar-refractivity contribution in [3.05, 3.63) is 24.8 Å². The molecule has 1 unspecified atom stereocenters. The van der Waals surface area contributed by atoms with Crippen LogP contribution in [0.5, 0.6) is 0 Å². The van der Waals surface area contributed by atoms with Crippen molar-refractivity contribution in [1.82, 2.24) is 4.90 Å². The molecule has 1 atom stereocenters. The van der Waals surface area contributed by atoms with E-state index in [1.807, 2.05) is 30.1 Å². The minimum absolute atomic E-state index is 0.248. The van der Waals surface area contributed by atoms with Gasteiger partial charge in [0, 0.05) is 13.0 Å². The predicted molar refractivity (Wildman–Crippen MR) is 49.7 cm³/mol. The van der Waals surface area contributed by atoms with Gasteiger partial charge in [0.1, 0.15) is 0 Å². The van der Waals surface area contributed by atoms with Crippen LogP contribution in [0.1, 0.15) is 19.8 Å². The fourth-order valence-electron chi connectivity index (χ4n) is 1.46. The van der Waals surface area contributed by atoms with Crippen molar-refractivity contribution in [2.45, 2.75) is 25.8 Å². The van der Waals surface area contributed by atoms with Gasteiger partial charge < -0.3 is 4.90 Å². The van der Waals surface area contributed by atoms with Crippen LogP contribution < -0.4 is 0 Å². The van der Waals surface area contributed by atoms with Gasteiger partial charge in [-0.2, -0.15) is 0 Å². The third-order valence-corrected chi connectivity index (χ3v) is 2.18. The number of allylic oxidation sites excluding steroid dienone is 1. The lowest BCUT2D eigenvalue weighted by atomic mass is 10.2. The molecule has 12 heavy (non-hydrogen) atoms. The monoisotopic (exact) mass is 165 g/mol. The first kappa shape index (κ1) is 9.04. The van der Waals surface area contributed by atoms with Crippen LogP contribution in [0.25, 0.3) is 0 Å². The van der Waals surface area contributed by atoms with Crippen LogP contribution in [-0.2, 0) is 4.79 Å². The van der Waals surface area contributed by atoms with E-state index in [4.69, 9.17) is 0 Å².